The summed E-state index contributed by atoms with van der Waals surface area (Å²) in [6.45, 7) is 8.65. The van der Waals surface area contributed by atoms with Gasteiger partial charge in [-0.25, -0.2) is 9.48 Å². The standard InChI is InChI=1S/C21H27N3O5/c1-13(2)9-24-20(26)17-8-6-5-7-16(17)19(22-24)21(27)28-12-18(25)23-10-14(3)29-15(4)11-23/h5-8,13-15H,9-12H2,1-4H3/t14-,15-/m1/s1. The maximum absolute atomic E-state index is 12.7. The van der Waals surface area contributed by atoms with Crippen LogP contribution in [0.5, 0.6) is 0 Å². The van der Waals surface area contributed by atoms with Crippen LogP contribution in [0.4, 0.5) is 0 Å². The number of benzene rings is 1. The van der Waals surface area contributed by atoms with Gasteiger partial charge < -0.3 is 14.4 Å². The molecule has 2 heterocycles. The molecule has 1 amide bonds. The summed E-state index contributed by atoms with van der Waals surface area (Å²) in [7, 11) is 0. The van der Waals surface area contributed by atoms with Gasteiger partial charge in [-0.15, -0.1) is 0 Å². The van der Waals surface area contributed by atoms with Crippen molar-refractivity contribution < 1.29 is 19.1 Å². The van der Waals surface area contributed by atoms with E-state index in [9.17, 15) is 14.4 Å². The molecule has 1 saturated heterocycles. The number of carbonyl (C=O) groups is 2. The van der Waals surface area contributed by atoms with E-state index in [1.165, 1.54) is 4.68 Å². The highest BCUT2D eigenvalue weighted by atomic mass is 16.5. The third kappa shape index (κ3) is 4.82. The lowest BCUT2D eigenvalue weighted by Gasteiger charge is -2.35. The van der Waals surface area contributed by atoms with Gasteiger partial charge in [0, 0.05) is 25.0 Å². The Morgan fingerprint density at radius 1 is 1.17 bits per heavy atom. The van der Waals surface area contributed by atoms with Gasteiger partial charge >= 0.3 is 5.97 Å². The molecule has 1 aliphatic heterocycles. The Morgan fingerprint density at radius 2 is 1.79 bits per heavy atom. The lowest BCUT2D eigenvalue weighted by molar-refractivity contribution is -0.146. The number of hydrogen-bond donors (Lipinski definition) is 0. The molecule has 8 nitrogen and oxygen atoms in total. The zero-order valence-corrected chi connectivity index (χ0v) is 17.3. The highest BCUT2D eigenvalue weighted by Gasteiger charge is 2.27. The van der Waals surface area contributed by atoms with Gasteiger partial charge in [0.15, 0.2) is 12.3 Å². The second-order valence-corrected chi connectivity index (χ2v) is 7.91. The van der Waals surface area contributed by atoms with E-state index in [4.69, 9.17) is 9.47 Å². The van der Waals surface area contributed by atoms with Gasteiger partial charge in [0.1, 0.15) is 0 Å². The Kier molecular flexibility index (Phi) is 6.32. The maximum Gasteiger partial charge on any atom is 0.359 e. The molecule has 8 heteroatoms. The predicted molar refractivity (Wildman–Crippen MR) is 108 cm³/mol. The van der Waals surface area contributed by atoms with E-state index in [1.807, 2.05) is 27.7 Å². The molecule has 0 unspecified atom stereocenters. The second-order valence-electron chi connectivity index (χ2n) is 7.91. The van der Waals surface area contributed by atoms with Crippen LogP contribution in [0.15, 0.2) is 29.1 Å². The number of carbonyl (C=O) groups excluding carboxylic acids is 2. The van der Waals surface area contributed by atoms with Crippen LogP contribution in [0.2, 0.25) is 0 Å². The van der Waals surface area contributed by atoms with Gasteiger partial charge in [0.05, 0.1) is 17.6 Å². The van der Waals surface area contributed by atoms with Gasteiger partial charge in [-0.1, -0.05) is 32.0 Å². The number of aromatic nitrogens is 2. The molecule has 1 aromatic carbocycles. The second kappa shape index (κ2) is 8.73. The van der Waals surface area contributed by atoms with Gasteiger partial charge in [-0.05, 0) is 25.8 Å². The number of nitrogens with zero attached hydrogens (tertiary/aromatic N) is 3. The number of ether oxygens (including phenoxy) is 2. The first-order chi connectivity index (χ1) is 13.8. The SMILES string of the molecule is CC(C)Cn1nc(C(=O)OCC(=O)N2C[C@@H](C)O[C@H](C)C2)c2ccccc2c1=O. The number of hydrogen-bond acceptors (Lipinski definition) is 6. The summed E-state index contributed by atoms with van der Waals surface area (Å²) in [4.78, 5) is 39.5. The zero-order valence-electron chi connectivity index (χ0n) is 17.3. The fourth-order valence-corrected chi connectivity index (χ4v) is 3.52. The molecule has 2 atom stereocenters. The van der Waals surface area contributed by atoms with Crippen molar-refractivity contribution in [1.82, 2.24) is 14.7 Å². The fraction of sp³-hybridized carbons (Fsp3) is 0.524. The van der Waals surface area contributed by atoms with E-state index in [-0.39, 0.29) is 41.9 Å². The quantitative estimate of drug-likeness (QED) is 0.710. The zero-order chi connectivity index (χ0) is 21.1. The highest BCUT2D eigenvalue weighted by molar-refractivity contribution is 6.02. The minimum atomic E-state index is -0.721. The van der Waals surface area contributed by atoms with Crippen molar-refractivity contribution in [1.29, 1.82) is 0 Å². The molecular weight excluding hydrogens is 374 g/mol. The summed E-state index contributed by atoms with van der Waals surface area (Å²) < 4.78 is 12.2. The minimum absolute atomic E-state index is 0.0392. The smallest absolute Gasteiger partial charge is 0.359 e. The average Bonchev–Trinajstić information content (AvgIpc) is 2.67. The number of esters is 1. The molecule has 1 fully saturated rings. The van der Waals surface area contributed by atoms with Crippen LogP contribution in [0, 0.1) is 5.92 Å². The molecule has 2 aromatic rings. The van der Waals surface area contributed by atoms with Crippen LogP contribution >= 0.6 is 0 Å². The topological polar surface area (TPSA) is 90.7 Å². The van der Waals surface area contributed by atoms with Gasteiger partial charge in [0.2, 0.25) is 0 Å². The van der Waals surface area contributed by atoms with E-state index in [0.717, 1.165) is 0 Å². The Morgan fingerprint density at radius 3 is 2.41 bits per heavy atom. The molecule has 0 radical (unpaired) electrons. The van der Waals surface area contributed by atoms with Crippen molar-refractivity contribution in [3.05, 3.63) is 40.3 Å². The van der Waals surface area contributed by atoms with E-state index in [2.05, 4.69) is 5.10 Å². The van der Waals surface area contributed by atoms with Crippen LogP contribution < -0.4 is 5.56 Å². The molecule has 0 saturated carbocycles. The van der Waals surface area contributed by atoms with Crippen molar-refractivity contribution >= 4 is 22.6 Å². The van der Waals surface area contributed by atoms with Crippen molar-refractivity contribution in [3.63, 3.8) is 0 Å². The number of fused-ring (bicyclic) bond motifs is 1. The van der Waals surface area contributed by atoms with E-state index >= 15 is 0 Å². The highest BCUT2D eigenvalue weighted by Crippen LogP contribution is 2.15. The molecule has 156 valence electrons. The molecule has 0 spiro atoms. The Bertz CT molecular complexity index is 958. The summed E-state index contributed by atoms with van der Waals surface area (Å²) >= 11 is 0. The first kappa shape index (κ1) is 21.0. The first-order valence-electron chi connectivity index (χ1n) is 9.86. The molecule has 1 aliphatic rings. The summed E-state index contributed by atoms with van der Waals surface area (Å²) in [6, 6.07) is 6.79. The Labute approximate surface area is 169 Å². The lowest BCUT2D eigenvalue weighted by atomic mass is 10.1. The molecule has 3 rings (SSSR count). The molecule has 0 aliphatic carbocycles. The largest absolute Gasteiger partial charge is 0.451 e. The lowest BCUT2D eigenvalue weighted by Crippen LogP contribution is -2.49. The Balaban J connectivity index is 1.81. The van der Waals surface area contributed by atoms with Crippen molar-refractivity contribution in [3.8, 4) is 0 Å². The van der Waals surface area contributed by atoms with Crippen molar-refractivity contribution in [2.24, 2.45) is 5.92 Å². The van der Waals surface area contributed by atoms with Crippen molar-refractivity contribution in [2.45, 2.75) is 46.4 Å². The third-order valence-corrected chi connectivity index (χ3v) is 4.70. The average molecular weight is 401 g/mol. The molecule has 1 aromatic heterocycles. The van der Waals surface area contributed by atoms with Crippen LogP contribution in [-0.4, -0.2) is 58.5 Å². The molecule has 0 bridgehead atoms. The molecular formula is C21H27N3O5. The van der Waals surface area contributed by atoms with Crippen LogP contribution in [0.1, 0.15) is 38.2 Å². The summed E-state index contributed by atoms with van der Waals surface area (Å²) in [5.74, 6) is -0.821. The summed E-state index contributed by atoms with van der Waals surface area (Å²) in [5.41, 5.74) is -0.212. The summed E-state index contributed by atoms with van der Waals surface area (Å²) in [5, 5.41) is 5.06. The molecule has 0 N–H and O–H groups in total. The number of amides is 1. The maximum atomic E-state index is 12.7. The predicted octanol–water partition coefficient (Wildman–Crippen LogP) is 1.85. The third-order valence-electron chi connectivity index (χ3n) is 4.70. The fourth-order valence-electron chi connectivity index (χ4n) is 3.52. The van der Waals surface area contributed by atoms with Gasteiger partial charge in [-0.2, -0.15) is 5.10 Å². The Hall–Kier alpha value is -2.74. The number of rotatable bonds is 5. The van der Waals surface area contributed by atoms with Crippen molar-refractivity contribution in [2.75, 3.05) is 19.7 Å². The minimum Gasteiger partial charge on any atom is -0.451 e. The van der Waals surface area contributed by atoms with Gasteiger partial charge in [0.25, 0.3) is 11.5 Å². The van der Waals surface area contributed by atoms with Crippen LogP contribution in [0.3, 0.4) is 0 Å². The first-order valence-corrected chi connectivity index (χ1v) is 9.86. The van der Waals surface area contributed by atoms with E-state index in [1.54, 1.807) is 29.2 Å². The summed E-state index contributed by atoms with van der Waals surface area (Å²) in [6.07, 6.45) is -0.132. The normalized spacial score (nSPS) is 19.6. The van der Waals surface area contributed by atoms with E-state index < -0.39 is 5.97 Å². The number of morpholine rings is 1. The van der Waals surface area contributed by atoms with E-state index in [0.29, 0.717) is 30.4 Å². The van der Waals surface area contributed by atoms with Crippen LogP contribution in [-0.2, 0) is 20.8 Å². The van der Waals surface area contributed by atoms with Gasteiger partial charge in [-0.3, -0.25) is 9.59 Å². The monoisotopic (exact) mass is 401 g/mol. The molecule has 29 heavy (non-hydrogen) atoms. The van der Waals surface area contributed by atoms with Crippen LogP contribution in [0.25, 0.3) is 10.8 Å².